The molecular weight excluding hydrogens is 436 g/mol. The van der Waals surface area contributed by atoms with Crippen LogP contribution in [-0.4, -0.2) is 39.9 Å². The van der Waals surface area contributed by atoms with E-state index in [0.717, 1.165) is 46.5 Å². The Hall–Kier alpha value is -2.07. The second-order valence-electron chi connectivity index (χ2n) is 7.82. The number of rotatable bonds is 7. The summed E-state index contributed by atoms with van der Waals surface area (Å²) in [6.07, 6.45) is 3.67. The van der Waals surface area contributed by atoms with Crippen LogP contribution in [0.15, 0.2) is 28.2 Å². The number of ether oxygens (including phenoxy) is 3. The lowest BCUT2D eigenvalue weighted by molar-refractivity contribution is 0.0397. The molecule has 0 spiro atoms. The van der Waals surface area contributed by atoms with E-state index in [1.807, 2.05) is 18.2 Å². The third-order valence-electron chi connectivity index (χ3n) is 5.58. The second kappa shape index (κ2) is 8.82. The highest BCUT2D eigenvalue weighted by Gasteiger charge is 2.21. The molecule has 1 aliphatic heterocycles. The van der Waals surface area contributed by atoms with Crippen LogP contribution >= 0.6 is 23.1 Å². The van der Waals surface area contributed by atoms with Gasteiger partial charge in [-0.25, -0.2) is 4.98 Å². The number of thioether (sulfide) groups is 1. The molecule has 1 aromatic carbocycles. The zero-order valence-electron chi connectivity index (χ0n) is 17.3. The molecule has 0 saturated carbocycles. The standard InChI is InChI=1S/C22H24N2O5S2/c1-24-21(26)19-15-4-2-3-5-18(15)31-20(19)23-22(24)30-11-14(25)10-27-9-13-6-7-16-17(8-13)29-12-28-16/h6-8,14,25H,2-5,9-12H2,1H3/t14-/m1/s1. The lowest BCUT2D eigenvalue weighted by atomic mass is 9.97. The van der Waals surface area contributed by atoms with Crippen LogP contribution in [0.2, 0.25) is 0 Å². The van der Waals surface area contributed by atoms with Gasteiger partial charge in [0.2, 0.25) is 6.79 Å². The van der Waals surface area contributed by atoms with E-state index in [-0.39, 0.29) is 19.0 Å². The molecule has 31 heavy (non-hydrogen) atoms. The Kier molecular flexibility index (Phi) is 5.92. The molecule has 0 saturated heterocycles. The summed E-state index contributed by atoms with van der Waals surface area (Å²) in [5, 5.41) is 11.8. The molecule has 0 bridgehead atoms. The topological polar surface area (TPSA) is 82.8 Å². The molecule has 9 heteroatoms. The van der Waals surface area contributed by atoms with Gasteiger partial charge in [-0.1, -0.05) is 17.8 Å². The van der Waals surface area contributed by atoms with E-state index < -0.39 is 6.10 Å². The van der Waals surface area contributed by atoms with Gasteiger partial charge in [-0.15, -0.1) is 11.3 Å². The highest BCUT2D eigenvalue weighted by Crippen LogP contribution is 2.35. The van der Waals surface area contributed by atoms with Crippen molar-refractivity contribution in [3.63, 3.8) is 0 Å². The van der Waals surface area contributed by atoms with Crippen LogP contribution in [0.25, 0.3) is 10.2 Å². The molecule has 5 rings (SSSR count). The van der Waals surface area contributed by atoms with Gasteiger partial charge in [-0.3, -0.25) is 9.36 Å². The van der Waals surface area contributed by atoms with Crippen molar-refractivity contribution in [3.05, 3.63) is 44.6 Å². The smallest absolute Gasteiger partial charge is 0.262 e. The summed E-state index contributed by atoms with van der Waals surface area (Å²) in [6.45, 7) is 0.818. The van der Waals surface area contributed by atoms with Crippen LogP contribution in [-0.2, 0) is 31.2 Å². The van der Waals surface area contributed by atoms with Crippen molar-refractivity contribution in [3.8, 4) is 11.5 Å². The second-order valence-corrected chi connectivity index (χ2v) is 9.89. The number of thiophene rings is 1. The van der Waals surface area contributed by atoms with E-state index in [1.165, 1.54) is 28.6 Å². The molecule has 1 atom stereocenters. The quantitative estimate of drug-likeness (QED) is 0.428. The molecule has 2 aromatic heterocycles. The van der Waals surface area contributed by atoms with Gasteiger partial charge in [0.25, 0.3) is 5.56 Å². The number of aromatic nitrogens is 2. The summed E-state index contributed by atoms with van der Waals surface area (Å²) in [5.74, 6) is 1.86. The number of aryl methyl sites for hydroxylation is 2. The van der Waals surface area contributed by atoms with Crippen molar-refractivity contribution >= 4 is 33.3 Å². The van der Waals surface area contributed by atoms with Crippen LogP contribution < -0.4 is 15.0 Å². The average molecular weight is 461 g/mol. The summed E-state index contributed by atoms with van der Waals surface area (Å²) < 4.78 is 17.9. The van der Waals surface area contributed by atoms with Crippen LogP contribution in [0.5, 0.6) is 11.5 Å². The number of benzene rings is 1. The summed E-state index contributed by atoms with van der Waals surface area (Å²) in [6, 6.07) is 5.67. The third-order valence-corrected chi connectivity index (χ3v) is 7.94. The van der Waals surface area contributed by atoms with E-state index in [0.29, 0.717) is 17.5 Å². The SMILES string of the molecule is Cn1c(SC[C@H](O)COCc2ccc3c(c2)OCO3)nc2sc3c(c2c1=O)CCCC3. The first-order valence-corrected chi connectivity index (χ1v) is 12.2. The maximum Gasteiger partial charge on any atom is 0.262 e. The molecule has 3 aromatic rings. The lowest BCUT2D eigenvalue weighted by Crippen LogP contribution is -2.22. The summed E-state index contributed by atoms with van der Waals surface area (Å²) >= 11 is 3.03. The van der Waals surface area contributed by atoms with E-state index in [4.69, 9.17) is 19.2 Å². The van der Waals surface area contributed by atoms with Gasteiger partial charge in [0, 0.05) is 17.7 Å². The zero-order chi connectivity index (χ0) is 21.4. The molecule has 0 radical (unpaired) electrons. The summed E-state index contributed by atoms with van der Waals surface area (Å²) in [7, 11) is 1.76. The fraction of sp³-hybridized carbons (Fsp3) is 0.455. The minimum Gasteiger partial charge on any atom is -0.454 e. The first kappa shape index (κ1) is 20.8. The molecule has 1 N–H and O–H groups in total. The van der Waals surface area contributed by atoms with E-state index >= 15 is 0 Å². The number of hydrogen-bond acceptors (Lipinski definition) is 8. The number of hydrogen-bond donors (Lipinski definition) is 1. The van der Waals surface area contributed by atoms with Gasteiger partial charge in [0.1, 0.15) is 4.83 Å². The largest absolute Gasteiger partial charge is 0.454 e. The Labute approximate surface area is 188 Å². The number of fused-ring (bicyclic) bond motifs is 4. The average Bonchev–Trinajstić information content (AvgIpc) is 3.39. The van der Waals surface area contributed by atoms with Gasteiger partial charge in [0.15, 0.2) is 16.7 Å². The highest BCUT2D eigenvalue weighted by molar-refractivity contribution is 7.99. The fourth-order valence-electron chi connectivity index (χ4n) is 3.96. The van der Waals surface area contributed by atoms with E-state index in [2.05, 4.69) is 0 Å². The number of aliphatic hydroxyl groups excluding tert-OH is 1. The Morgan fingerprint density at radius 3 is 3.03 bits per heavy atom. The van der Waals surface area contributed by atoms with Gasteiger partial charge in [-0.05, 0) is 48.9 Å². The maximum absolute atomic E-state index is 12.9. The maximum atomic E-state index is 12.9. The van der Waals surface area contributed by atoms with Crippen molar-refractivity contribution in [2.75, 3.05) is 19.2 Å². The number of aliphatic hydroxyl groups is 1. The molecule has 0 fully saturated rings. The Balaban J connectivity index is 1.19. The first-order chi connectivity index (χ1) is 15.1. The predicted octanol–water partition coefficient (Wildman–Crippen LogP) is 3.27. The molecule has 7 nitrogen and oxygen atoms in total. The van der Waals surface area contributed by atoms with Crippen LogP contribution in [0.1, 0.15) is 28.8 Å². The number of nitrogens with zero attached hydrogens (tertiary/aromatic N) is 2. The minimum absolute atomic E-state index is 0.0143. The third kappa shape index (κ3) is 4.19. The fourth-order valence-corrected chi connectivity index (χ4v) is 6.14. The van der Waals surface area contributed by atoms with Gasteiger partial charge in [0.05, 0.1) is 24.7 Å². The highest BCUT2D eigenvalue weighted by atomic mass is 32.2. The van der Waals surface area contributed by atoms with E-state index in [1.54, 1.807) is 23.0 Å². The summed E-state index contributed by atoms with van der Waals surface area (Å²) in [4.78, 5) is 19.8. The van der Waals surface area contributed by atoms with Crippen molar-refractivity contribution in [2.24, 2.45) is 7.05 Å². The minimum atomic E-state index is -0.664. The molecule has 3 heterocycles. The molecule has 164 valence electrons. The first-order valence-electron chi connectivity index (χ1n) is 10.4. The van der Waals surface area contributed by atoms with E-state index in [9.17, 15) is 9.90 Å². The zero-order valence-corrected chi connectivity index (χ0v) is 18.9. The van der Waals surface area contributed by atoms with Gasteiger partial charge in [-0.2, -0.15) is 0 Å². The predicted molar refractivity (Wildman–Crippen MR) is 120 cm³/mol. The van der Waals surface area contributed by atoms with Gasteiger partial charge >= 0.3 is 0 Å². The van der Waals surface area contributed by atoms with Crippen molar-refractivity contribution in [2.45, 2.75) is 43.6 Å². The molecule has 0 unspecified atom stereocenters. The van der Waals surface area contributed by atoms with Crippen LogP contribution in [0, 0.1) is 0 Å². The van der Waals surface area contributed by atoms with Crippen molar-refractivity contribution in [1.82, 2.24) is 9.55 Å². The van der Waals surface area contributed by atoms with Gasteiger partial charge < -0.3 is 19.3 Å². The van der Waals surface area contributed by atoms with Crippen molar-refractivity contribution < 1.29 is 19.3 Å². The Morgan fingerprint density at radius 2 is 2.13 bits per heavy atom. The molecule has 2 aliphatic rings. The summed E-state index contributed by atoms with van der Waals surface area (Å²) in [5.41, 5.74) is 2.17. The normalized spacial score (nSPS) is 15.9. The van der Waals surface area contributed by atoms with Crippen molar-refractivity contribution in [1.29, 1.82) is 0 Å². The lowest BCUT2D eigenvalue weighted by Gasteiger charge is -2.13. The monoisotopic (exact) mass is 460 g/mol. The molecular formula is C22H24N2O5S2. The molecule has 1 aliphatic carbocycles. The Morgan fingerprint density at radius 1 is 1.29 bits per heavy atom. The van der Waals surface area contributed by atoms with Crippen LogP contribution in [0.4, 0.5) is 0 Å². The molecule has 0 amide bonds. The van der Waals surface area contributed by atoms with Crippen LogP contribution in [0.3, 0.4) is 0 Å². The Bertz CT molecular complexity index is 1170.